The Kier molecular flexibility index (Phi) is 7.20. The SMILES string of the molecule is CCCOc1c(Cl)cc(C(=O)Nc2sc(C)c(-c3ccccc3)c2C(N)=O)cc1OC. The molecule has 162 valence electrons. The molecule has 3 rings (SSSR count). The predicted molar refractivity (Wildman–Crippen MR) is 125 cm³/mol. The fourth-order valence-electron chi connectivity index (χ4n) is 3.19. The zero-order valence-corrected chi connectivity index (χ0v) is 19.0. The van der Waals surface area contributed by atoms with Crippen molar-refractivity contribution in [3.63, 3.8) is 0 Å². The first-order chi connectivity index (χ1) is 14.9. The maximum atomic E-state index is 13.0. The number of rotatable bonds is 8. The van der Waals surface area contributed by atoms with E-state index in [1.165, 1.54) is 24.5 Å². The number of hydrogen-bond acceptors (Lipinski definition) is 5. The maximum Gasteiger partial charge on any atom is 0.256 e. The summed E-state index contributed by atoms with van der Waals surface area (Å²) in [6, 6.07) is 12.5. The van der Waals surface area contributed by atoms with Crippen molar-refractivity contribution in [2.75, 3.05) is 19.0 Å². The Morgan fingerprint density at radius 2 is 1.90 bits per heavy atom. The highest BCUT2D eigenvalue weighted by Gasteiger charge is 2.24. The molecule has 8 heteroatoms. The third-order valence-corrected chi connectivity index (χ3v) is 5.86. The second-order valence-corrected chi connectivity index (χ2v) is 8.39. The minimum atomic E-state index is -0.613. The van der Waals surface area contributed by atoms with Gasteiger partial charge in [-0.25, -0.2) is 0 Å². The van der Waals surface area contributed by atoms with Crippen molar-refractivity contribution in [3.8, 4) is 22.6 Å². The van der Waals surface area contributed by atoms with Gasteiger partial charge < -0.3 is 20.5 Å². The van der Waals surface area contributed by atoms with Gasteiger partial charge in [0.1, 0.15) is 5.00 Å². The number of thiophene rings is 1. The average Bonchev–Trinajstić information content (AvgIpc) is 3.08. The Hall–Kier alpha value is -3.03. The number of benzene rings is 2. The molecule has 3 aromatic rings. The minimum Gasteiger partial charge on any atom is -0.493 e. The van der Waals surface area contributed by atoms with Crippen LogP contribution in [0.2, 0.25) is 5.02 Å². The molecule has 0 bridgehead atoms. The second kappa shape index (κ2) is 9.85. The molecule has 0 unspecified atom stereocenters. The zero-order chi connectivity index (χ0) is 22.5. The van der Waals surface area contributed by atoms with Crippen molar-refractivity contribution in [1.29, 1.82) is 0 Å². The smallest absolute Gasteiger partial charge is 0.256 e. The molecule has 2 aromatic carbocycles. The van der Waals surface area contributed by atoms with Gasteiger partial charge in [-0.05, 0) is 31.0 Å². The van der Waals surface area contributed by atoms with E-state index in [9.17, 15) is 9.59 Å². The van der Waals surface area contributed by atoms with Crippen LogP contribution in [0.4, 0.5) is 5.00 Å². The van der Waals surface area contributed by atoms with Crippen LogP contribution < -0.4 is 20.5 Å². The van der Waals surface area contributed by atoms with Crippen molar-refractivity contribution < 1.29 is 19.1 Å². The van der Waals surface area contributed by atoms with Gasteiger partial charge in [0.15, 0.2) is 11.5 Å². The van der Waals surface area contributed by atoms with Crippen LogP contribution >= 0.6 is 22.9 Å². The molecular weight excluding hydrogens is 436 g/mol. The Morgan fingerprint density at radius 1 is 1.19 bits per heavy atom. The third-order valence-electron chi connectivity index (χ3n) is 4.56. The molecule has 2 amide bonds. The number of methoxy groups -OCH3 is 1. The highest BCUT2D eigenvalue weighted by Crippen LogP contribution is 2.41. The van der Waals surface area contributed by atoms with Crippen LogP contribution in [0.1, 0.15) is 38.9 Å². The van der Waals surface area contributed by atoms with Crippen LogP contribution in [0, 0.1) is 6.92 Å². The van der Waals surface area contributed by atoms with Gasteiger partial charge in [-0.2, -0.15) is 0 Å². The van der Waals surface area contributed by atoms with Crippen molar-refractivity contribution in [3.05, 3.63) is 63.5 Å². The molecule has 0 fully saturated rings. The molecule has 6 nitrogen and oxygen atoms in total. The summed E-state index contributed by atoms with van der Waals surface area (Å²) >= 11 is 7.62. The molecular formula is C23H23ClN2O4S. The number of hydrogen-bond donors (Lipinski definition) is 2. The van der Waals surface area contributed by atoms with Gasteiger partial charge >= 0.3 is 0 Å². The fourth-order valence-corrected chi connectivity index (χ4v) is 4.53. The summed E-state index contributed by atoms with van der Waals surface area (Å²) in [5.41, 5.74) is 7.80. The van der Waals surface area contributed by atoms with E-state index < -0.39 is 11.8 Å². The van der Waals surface area contributed by atoms with E-state index in [2.05, 4.69) is 5.32 Å². The Balaban J connectivity index is 1.97. The lowest BCUT2D eigenvalue weighted by Crippen LogP contribution is -2.17. The Labute approximate surface area is 189 Å². The van der Waals surface area contributed by atoms with Crippen molar-refractivity contribution in [1.82, 2.24) is 0 Å². The van der Waals surface area contributed by atoms with Gasteiger partial charge in [0.2, 0.25) is 0 Å². The van der Waals surface area contributed by atoms with Gasteiger partial charge in [-0.3, -0.25) is 9.59 Å². The van der Waals surface area contributed by atoms with Crippen molar-refractivity contribution in [2.24, 2.45) is 5.73 Å². The van der Waals surface area contributed by atoms with Gasteiger partial charge in [-0.1, -0.05) is 48.9 Å². The fraction of sp³-hybridized carbons (Fsp3) is 0.217. The molecule has 0 aliphatic heterocycles. The number of aryl methyl sites for hydroxylation is 1. The molecule has 0 atom stereocenters. The lowest BCUT2D eigenvalue weighted by molar-refractivity contribution is 0.100. The molecule has 0 radical (unpaired) electrons. The second-order valence-electron chi connectivity index (χ2n) is 6.76. The summed E-state index contributed by atoms with van der Waals surface area (Å²) in [4.78, 5) is 26.1. The topological polar surface area (TPSA) is 90.6 Å². The first-order valence-electron chi connectivity index (χ1n) is 9.67. The van der Waals surface area contributed by atoms with Gasteiger partial charge in [0, 0.05) is 16.0 Å². The number of carbonyl (C=O) groups is 2. The number of primary amides is 1. The maximum absolute atomic E-state index is 13.0. The minimum absolute atomic E-state index is 0.264. The van der Waals surface area contributed by atoms with E-state index in [1.807, 2.05) is 44.2 Å². The van der Waals surface area contributed by atoms with Crippen molar-refractivity contribution >= 4 is 39.8 Å². The number of halogens is 1. The highest BCUT2D eigenvalue weighted by atomic mass is 35.5. The first kappa shape index (κ1) is 22.7. The monoisotopic (exact) mass is 458 g/mol. The standard InChI is InChI=1S/C23H23ClN2O4S/c1-4-10-30-20-16(24)11-15(12-17(20)29-3)22(28)26-23-19(21(25)27)18(13(2)31-23)14-8-6-5-7-9-14/h5-9,11-12H,4,10H2,1-3H3,(H2,25,27)(H,26,28). The number of anilines is 1. The van der Waals surface area contributed by atoms with E-state index >= 15 is 0 Å². The van der Waals surface area contributed by atoms with Crippen LogP contribution in [0.3, 0.4) is 0 Å². The van der Waals surface area contributed by atoms with Crippen LogP contribution in [0.25, 0.3) is 11.1 Å². The van der Waals surface area contributed by atoms with Gasteiger partial charge in [-0.15, -0.1) is 11.3 Å². The molecule has 31 heavy (non-hydrogen) atoms. The van der Waals surface area contributed by atoms with E-state index in [0.29, 0.717) is 28.7 Å². The molecule has 0 spiro atoms. The van der Waals surface area contributed by atoms with Crippen LogP contribution in [-0.4, -0.2) is 25.5 Å². The van der Waals surface area contributed by atoms with Crippen LogP contribution in [0.5, 0.6) is 11.5 Å². The Bertz CT molecular complexity index is 1110. The average molecular weight is 459 g/mol. The predicted octanol–water partition coefficient (Wildman–Crippen LogP) is 5.53. The number of carbonyl (C=O) groups excluding carboxylic acids is 2. The summed E-state index contributed by atoms with van der Waals surface area (Å²) in [7, 11) is 1.48. The Morgan fingerprint density at radius 3 is 2.52 bits per heavy atom. The summed E-state index contributed by atoms with van der Waals surface area (Å²) in [5, 5.41) is 3.45. The van der Waals surface area contributed by atoms with Gasteiger partial charge in [0.05, 0.1) is 24.3 Å². The molecule has 0 aliphatic rings. The summed E-state index contributed by atoms with van der Waals surface area (Å²) < 4.78 is 11.0. The number of nitrogens with two attached hydrogens (primary N) is 1. The van der Waals surface area contributed by atoms with E-state index in [-0.39, 0.29) is 16.1 Å². The molecule has 0 saturated carbocycles. The number of ether oxygens (including phenoxy) is 2. The number of amides is 2. The summed E-state index contributed by atoms with van der Waals surface area (Å²) in [5.74, 6) is -0.310. The lowest BCUT2D eigenvalue weighted by Gasteiger charge is -2.14. The normalized spacial score (nSPS) is 10.6. The number of nitrogens with one attached hydrogen (secondary N) is 1. The first-order valence-corrected chi connectivity index (χ1v) is 10.9. The largest absolute Gasteiger partial charge is 0.493 e. The molecule has 0 aliphatic carbocycles. The van der Waals surface area contributed by atoms with E-state index in [4.69, 9.17) is 26.8 Å². The lowest BCUT2D eigenvalue weighted by atomic mass is 10.0. The van der Waals surface area contributed by atoms with E-state index in [0.717, 1.165) is 16.9 Å². The quantitative estimate of drug-likeness (QED) is 0.464. The van der Waals surface area contributed by atoms with Crippen molar-refractivity contribution in [2.45, 2.75) is 20.3 Å². The van der Waals surface area contributed by atoms with Gasteiger partial charge in [0.25, 0.3) is 11.8 Å². The highest BCUT2D eigenvalue weighted by molar-refractivity contribution is 7.17. The molecule has 0 saturated heterocycles. The molecule has 3 N–H and O–H groups in total. The van der Waals surface area contributed by atoms with Crippen LogP contribution in [0.15, 0.2) is 42.5 Å². The molecule has 1 heterocycles. The third kappa shape index (κ3) is 4.84. The molecule has 1 aromatic heterocycles. The van der Waals surface area contributed by atoms with E-state index in [1.54, 1.807) is 6.07 Å². The van der Waals surface area contributed by atoms with Crippen LogP contribution in [-0.2, 0) is 0 Å². The summed E-state index contributed by atoms with van der Waals surface area (Å²) in [6.45, 7) is 4.33. The zero-order valence-electron chi connectivity index (χ0n) is 17.5. The summed E-state index contributed by atoms with van der Waals surface area (Å²) in [6.07, 6.45) is 0.805.